The molecular weight excluding hydrogens is 601 g/mol. The number of aryl methyl sites for hydroxylation is 1. The molecule has 37 heavy (non-hydrogen) atoms. The van der Waals surface area contributed by atoms with Gasteiger partial charge in [0.25, 0.3) is 10.0 Å². The zero-order chi connectivity index (χ0) is 27.3. The molecule has 3 rings (SSSR count). The summed E-state index contributed by atoms with van der Waals surface area (Å²) in [6, 6.07) is 17.1. The van der Waals surface area contributed by atoms with Crippen molar-refractivity contribution in [1.82, 2.24) is 10.2 Å². The van der Waals surface area contributed by atoms with Gasteiger partial charge in [0.1, 0.15) is 12.6 Å². The van der Waals surface area contributed by atoms with E-state index < -0.39 is 34.4 Å². The predicted molar refractivity (Wildman–Crippen MR) is 150 cm³/mol. The molecule has 0 aliphatic carbocycles. The predicted octanol–water partition coefficient (Wildman–Crippen LogP) is 5.42. The van der Waals surface area contributed by atoms with Crippen molar-refractivity contribution in [1.29, 1.82) is 0 Å². The van der Waals surface area contributed by atoms with Crippen LogP contribution in [0.2, 0.25) is 10.0 Å². The van der Waals surface area contributed by atoms with Crippen LogP contribution in [0.5, 0.6) is 0 Å². The lowest BCUT2D eigenvalue weighted by Crippen LogP contribution is -2.50. The molecule has 0 spiro atoms. The lowest BCUT2D eigenvalue weighted by molar-refractivity contribution is -0.139. The van der Waals surface area contributed by atoms with Gasteiger partial charge in [-0.15, -0.1) is 0 Å². The number of carbonyl (C=O) groups is 2. The van der Waals surface area contributed by atoms with E-state index in [9.17, 15) is 18.0 Å². The van der Waals surface area contributed by atoms with Gasteiger partial charge in [0.2, 0.25) is 11.8 Å². The van der Waals surface area contributed by atoms with Crippen molar-refractivity contribution >= 4 is 66.7 Å². The fourth-order valence-electron chi connectivity index (χ4n) is 3.62. The molecule has 1 atom stereocenters. The van der Waals surface area contributed by atoms with Crippen LogP contribution in [0.3, 0.4) is 0 Å². The molecule has 1 N–H and O–H groups in total. The molecule has 0 unspecified atom stereocenters. The van der Waals surface area contributed by atoms with Crippen molar-refractivity contribution in [3.05, 3.63) is 92.4 Å². The normalized spacial score (nSPS) is 12.1. The van der Waals surface area contributed by atoms with E-state index in [1.165, 1.54) is 24.1 Å². The van der Waals surface area contributed by atoms with Crippen LogP contribution in [0.4, 0.5) is 5.69 Å². The minimum atomic E-state index is -4.13. The van der Waals surface area contributed by atoms with Gasteiger partial charge in [-0.25, -0.2) is 8.42 Å². The number of sulfonamides is 1. The first-order valence-electron chi connectivity index (χ1n) is 11.2. The molecule has 3 aromatic carbocycles. The number of nitrogens with zero attached hydrogens (tertiary/aromatic N) is 2. The number of anilines is 1. The molecule has 7 nitrogen and oxygen atoms in total. The summed E-state index contributed by atoms with van der Waals surface area (Å²) in [6.07, 6.45) is 0. The van der Waals surface area contributed by atoms with Crippen LogP contribution in [-0.2, 0) is 26.2 Å². The standard InChI is InChI=1S/C26H26BrCl2N3O4S/c1-17-7-10-22(11-8-17)37(35,36)32(21-6-4-5-20(27)14-21)16-25(33)31(18(2)26(34)30-3)15-19-9-12-23(28)24(29)13-19/h4-14,18H,15-16H2,1-3H3,(H,30,34)/t18-/m0/s1. The molecule has 2 amide bonds. The summed E-state index contributed by atoms with van der Waals surface area (Å²) in [5.41, 5.74) is 1.83. The van der Waals surface area contributed by atoms with Crippen molar-refractivity contribution in [3.8, 4) is 0 Å². The smallest absolute Gasteiger partial charge is 0.264 e. The molecule has 0 fully saturated rings. The van der Waals surface area contributed by atoms with Gasteiger partial charge >= 0.3 is 0 Å². The van der Waals surface area contributed by atoms with Crippen LogP contribution in [0.25, 0.3) is 0 Å². The van der Waals surface area contributed by atoms with Crippen LogP contribution in [-0.4, -0.2) is 44.8 Å². The number of carbonyl (C=O) groups excluding carboxylic acids is 2. The maximum absolute atomic E-state index is 13.7. The zero-order valence-electron chi connectivity index (χ0n) is 20.4. The van der Waals surface area contributed by atoms with Gasteiger partial charge in [0.15, 0.2) is 0 Å². The summed E-state index contributed by atoms with van der Waals surface area (Å²) in [6.45, 7) is 2.91. The van der Waals surface area contributed by atoms with Crippen LogP contribution in [0.15, 0.2) is 76.1 Å². The largest absolute Gasteiger partial charge is 0.357 e. The summed E-state index contributed by atoms with van der Waals surface area (Å²) >= 11 is 15.6. The second-order valence-corrected chi connectivity index (χ2v) is 12.0. The summed E-state index contributed by atoms with van der Waals surface area (Å²) in [5, 5.41) is 3.20. The SMILES string of the molecule is CNC(=O)[C@H](C)N(Cc1ccc(Cl)c(Cl)c1)C(=O)CN(c1cccc(Br)c1)S(=O)(=O)c1ccc(C)cc1. The summed E-state index contributed by atoms with van der Waals surface area (Å²) in [4.78, 5) is 27.6. The fourth-order valence-corrected chi connectivity index (χ4v) is 5.74. The molecule has 0 heterocycles. The molecule has 196 valence electrons. The van der Waals surface area contributed by atoms with Crippen molar-refractivity contribution in [2.75, 3.05) is 17.9 Å². The lowest BCUT2D eigenvalue weighted by atomic mass is 10.1. The maximum Gasteiger partial charge on any atom is 0.264 e. The average Bonchev–Trinajstić information content (AvgIpc) is 2.87. The number of benzene rings is 3. The summed E-state index contributed by atoms with van der Waals surface area (Å²) in [7, 11) is -2.66. The van der Waals surface area contributed by atoms with Gasteiger partial charge in [0.05, 0.1) is 20.6 Å². The van der Waals surface area contributed by atoms with E-state index in [2.05, 4.69) is 21.2 Å². The van der Waals surface area contributed by atoms with Crippen molar-refractivity contribution < 1.29 is 18.0 Å². The molecule has 3 aromatic rings. The van der Waals surface area contributed by atoms with Crippen LogP contribution >= 0.6 is 39.1 Å². The van der Waals surface area contributed by atoms with E-state index in [0.29, 0.717) is 25.8 Å². The Labute approximate surface area is 235 Å². The van der Waals surface area contributed by atoms with E-state index in [4.69, 9.17) is 23.2 Å². The minimum absolute atomic E-state index is 0.0151. The summed E-state index contributed by atoms with van der Waals surface area (Å²) in [5.74, 6) is -0.971. The van der Waals surface area contributed by atoms with Crippen molar-refractivity contribution in [3.63, 3.8) is 0 Å². The molecule has 0 saturated carbocycles. The van der Waals surface area contributed by atoms with Gasteiger partial charge < -0.3 is 10.2 Å². The molecule has 0 bridgehead atoms. The number of halogens is 3. The van der Waals surface area contributed by atoms with E-state index in [1.54, 1.807) is 61.5 Å². The first kappa shape index (κ1) is 29.0. The molecule has 0 saturated heterocycles. The fraction of sp³-hybridized carbons (Fsp3) is 0.231. The first-order chi connectivity index (χ1) is 17.4. The van der Waals surface area contributed by atoms with E-state index >= 15 is 0 Å². The quantitative estimate of drug-likeness (QED) is 0.344. The molecular formula is C26H26BrCl2N3O4S. The number of amides is 2. The molecule has 11 heteroatoms. The Morgan fingerprint density at radius 1 is 1.00 bits per heavy atom. The second-order valence-electron chi connectivity index (χ2n) is 8.36. The van der Waals surface area contributed by atoms with Gasteiger partial charge in [-0.3, -0.25) is 13.9 Å². The summed E-state index contributed by atoms with van der Waals surface area (Å²) < 4.78 is 29.2. The number of likely N-dealkylation sites (N-methyl/N-ethyl adjacent to an activating group) is 1. The maximum atomic E-state index is 13.7. The van der Waals surface area contributed by atoms with Crippen LogP contribution in [0.1, 0.15) is 18.1 Å². The topological polar surface area (TPSA) is 86.8 Å². The monoisotopic (exact) mass is 625 g/mol. The number of hydrogen-bond acceptors (Lipinski definition) is 4. The number of hydrogen-bond donors (Lipinski definition) is 1. The Morgan fingerprint density at radius 3 is 2.27 bits per heavy atom. The second kappa shape index (κ2) is 12.3. The van der Waals surface area contributed by atoms with Gasteiger partial charge in [-0.05, 0) is 61.9 Å². The third-order valence-electron chi connectivity index (χ3n) is 5.73. The minimum Gasteiger partial charge on any atom is -0.357 e. The van der Waals surface area contributed by atoms with Gasteiger partial charge in [0, 0.05) is 18.1 Å². The Bertz CT molecular complexity index is 1400. The van der Waals surface area contributed by atoms with Crippen molar-refractivity contribution in [2.45, 2.75) is 31.3 Å². The highest BCUT2D eigenvalue weighted by Crippen LogP contribution is 2.28. The third kappa shape index (κ3) is 7.04. The van der Waals surface area contributed by atoms with Crippen LogP contribution < -0.4 is 9.62 Å². The Hall–Kier alpha value is -2.59. The van der Waals surface area contributed by atoms with Gasteiger partial charge in [-0.2, -0.15) is 0 Å². The lowest BCUT2D eigenvalue weighted by Gasteiger charge is -2.32. The van der Waals surface area contributed by atoms with E-state index in [0.717, 1.165) is 9.87 Å². The zero-order valence-corrected chi connectivity index (χ0v) is 24.3. The number of rotatable bonds is 9. The highest BCUT2D eigenvalue weighted by molar-refractivity contribution is 9.10. The van der Waals surface area contributed by atoms with E-state index in [1.807, 2.05) is 6.92 Å². The Morgan fingerprint density at radius 2 is 1.68 bits per heavy atom. The molecule has 0 aliphatic rings. The van der Waals surface area contributed by atoms with E-state index in [-0.39, 0.29) is 11.4 Å². The molecule has 0 aromatic heterocycles. The van der Waals surface area contributed by atoms with Gasteiger partial charge in [-0.1, -0.05) is 69.0 Å². The van der Waals surface area contributed by atoms with Crippen LogP contribution in [0, 0.1) is 6.92 Å². The van der Waals surface area contributed by atoms with Crippen molar-refractivity contribution in [2.24, 2.45) is 0 Å². The first-order valence-corrected chi connectivity index (χ1v) is 14.2. The molecule has 0 radical (unpaired) electrons. The Balaban J connectivity index is 2.04. The molecule has 0 aliphatic heterocycles. The average molecular weight is 627 g/mol. The third-order valence-corrected chi connectivity index (χ3v) is 8.76. The Kier molecular flexibility index (Phi) is 9.63. The number of nitrogens with one attached hydrogen (secondary N) is 1. The highest BCUT2D eigenvalue weighted by Gasteiger charge is 2.32. The highest BCUT2D eigenvalue weighted by atomic mass is 79.9.